The lowest BCUT2D eigenvalue weighted by molar-refractivity contribution is -0.138. The van der Waals surface area contributed by atoms with Gasteiger partial charge in [-0.05, 0) is 18.9 Å². The van der Waals surface area contributed by atoms with Crippen LogP contribution in [0.2, 0.25) is 0 Å². The van der Waals surface area contributed by atoms with Crippen LogP contribution in [0.4, 0.5) is 0 Å². The van der Waals surface area contributed by atoms with Gasteiger partial charge in [0, 0.05) is 25.6 Å². The van der Waals surface area contributed by atoms with Gasteiger partial charge >= 0.3 is 0 Å². The number of carbonyl (C=O) groups excluding carboxylic acids is 2. The normalized spacial score (nSPS) is 21.9. The molecule has 3 aliphatic rings. The summed E-state index contributed by atoms with van der Waals surface area (Å²) in [6.07, 6.45) is 5.63. The van der Waals surface area contributed by atoms with E-state index in [9.17, 15) is 9.59 Å². The molecule has 136 valence electrons. The molecular weight excluding hydrogens is 320 g/mol. The maximum Gasteiger partial charge on any atom is 0.274 e. The van der Waals surface area contributed by atoms with E-state index in [4.69, 9.17) is 4.74 Å². The van der Waals surface area contributed by atoms with Crippen molar-refractivity contribution in [3.8, 4) is 0 Å². The number of rotatable bonds is 2. The van der Waals surface area contributed by atoms with Crippen molar-refractivity contribution < 1.29 is 14.3 Å². The summed E-state index contributed by atoms with van der Waals surface area (Å²) in [5.74, 6) is 0.446. The van der Waals surface area contributed by atoms with Gasteiger partial charge < -0.3 is 14.5 Å². The van der Waals surface area contributed by atoms with E-state index < -0.39 is 0 Å². The average molecular weight is 346 g/mol. The van der Waals surface area contributed by atoms with E-state index in [1.165, 1.54) is 19.3 Å². The van der Waals surface area contributed by atoms with E-state index in [2.05, 4.69) is 5.10 Å². The molecule has 0 radical (unpaired) electrons. The topological polar surface area (TPSA) is 67.7 Å². The largest absolute Gasteiger partial charge is 0.378 e. The molecule has 7 nitrogen and oxygen atoms in total. The van der Waals surface area contributed by atoms with Gasteiger partial charge in [0.1, 0.15) is 0 Å². The first kappa shape index (κ1) is 16.6. The molecule has 0 N–H and O–H groups in total. The number of aromatic nitrogens is 2. The van der Waals surface area contributed by atoms with Crippen molar-refractivity contribution in [1.29, 1.82) is 0 Å². The predicted molar refractivity (Wildman–Crippen MR) is 90.9 cm³/mol. The molecule has 1 aromatic heterocycles. The molecule has 2 fully saturated rings. The van der Waals surface area contributed by atoms with Crippen molar-refractivity contribution in [1.82, 2.24) is 19.6 Å². The summed E-state index contributed by atoms with van der Waals surface area (Å²) in [5, 5.41) is 4.48. The van der Waals surface area contributed by atoms with Gasteiger partial charge in [-0.25, -0.2) is 0 Å². The molecule has 25 heavy (non-hydrogen) atoms. The Morgan fingerprint density at radius 1 is 1.00 bits per heavy atom. The predicted octanol–water partition coefficient (Wildman–Crippen LogP) is 1.28. The SMILES string of the molecule is O=C(c1cc2n(n1)CCN(C(=O)C1CCCCC1)C2)N1CCOCC1. The fraction of sp³-hybridized carbons (Fsp3) is 0.722. The van der Waals surface area contributed by atoms with E-state index >= 15 is 0 Å². The number of nitrogens with zero attached hydrogens (tertiary/aromatic N) is 4. The van der Waals surface area contributed by atoms with Crippen LogP contribution >= 0.6 is 0 Å². The molecule has 0 bridgehead atoms. The standard InChI is InChI=1S/C18H26N4O3/c23-17(14-4-2-1-3-5-14)21-6-7-22-15(13-21)12-16(19-22)18(24)20-8-10-25-11-9-20/h12,14H,1-11,13H2. The molecule has 0 atom stereocenters. The zero-order valence-electron chi connectivity index (χ0n) is 14.7. The third kappa shape index (κ3) is 3.42. The fourth-order valence-electron chi connectivity index (χ4n) is 4.10. The van der Waals surface area contributed by atoms with Gasteiger partial charge in [0.05, 0.1) is 32.0 Å². The minimum Gasteiger partial charge on any atom is -0.378 e. The van der Waals surface area contributed by atoms with Crippen LogP contribution in [0.15, 0.2) is 6.07 Å². The van der Waals surface area contributed by atoms with Gasteiger partial charge in [0.2, 0.25) is 5.91 Å². The first-order chi connectivity index (χ1) is 12.2. The highest BCUT2D eigenvalue weighted by molar-refractivity contribution is 5.92. The molecule has 2 aliphatic heterocycles. The number of carbonyl (C=O) groups is 2. The summed E-state index contributed by atoms with van der Waals surface area (Å²) in [6, 6.07) is 1.86. The van der Waals surface area contributed by atoms with Crippen molar-refractivity contribution in [2.24, 2.45) is 5.92 Å². The number of hydrogen-bond acceptors (Lipinski definition) is 4. The lowest BCUT2D eigenvalue weighted by Gasteiger charge is -2.32. The van der Waals surface area contributed by atoms with Crippen LogP contribution < -0.4 is 0 Å². The van der Waals surface area contributed by atoms with Crippen LogP contribution in [0.5, 0.6) is 0 Å². The Balaban J connectivity index is 1.43. The monoisotopic (exact) mass is 346 g/mol. The molecule has 1 aliphatic carbocycles. The van der Waals surface area contributed by atoms with Crippen molar-refractivity contribution >= 4 is 11.8 Å². The van der Waals surface area contributed by atoms with Crippen LogP contribution in [-0.2, 0) is 22.6 Å². The van der Waals surface area contributed by atoms with Crippen LogP contribution in [0, 0.1) is 5.92 Å². The van der Waals surface area contributed by atoms with Crippen LogP contribution in [-0.4, -0.2) is 64.2 Å². The molecule has 1 aromatic rings. The Kier molecular flexibility index (Phi) is 4.74. The summed E-state index contributed by atoms with van der Waals surface area (Å²) < 4.78 is 7.19. The Bertz CT molecular complexity index is 645. The fourth-order valence-corrected chi connectivity index (χ4v) is 4.10. The zero-order chi connectivity index (χ0) is 17.2. The molecule has 0 unspecified atom stereocenters. The average Bonchev–Trinajstić information content (AvgIpc) is 3.11. The lowest BCUT2D eigenvalue weighted by atomic mass is 9.88. The van der Waals surface area contributed by atoms with Gasteiger partial charge in [-0.1, -0.05) is 19.3 Å². The van der Waals surface area contributed by atoms with E-state index in [0.717, 1.165) is 18.5 Å². The summed E-state index contributed by atoms with van der Waals surface area (Å²) in [7, 11) is 0. The van der Waals surface area contributed by atoms with Crippen molar-refractivity contribution in [3.63, 3.8) is 0 Å². The van der Waals surface area contributed by atoms with E-state index in [-0.39, 0.29) is 17.7 Å². The molecular formula is C18H26N4O3. The molecule has 4 rings (SSSR count). The van der Waals surface area contributed by atoms with Gasteiger partial charge in [-0.15, -0.1) is 0 Å². The molecule has 7 heteroatoms. The smallest absolute Gasteiger partial charge is 0.274 e. The second-order valence-electron chi connectivity index (χ2n) is 7.24. The lowest BCUT2D eigenvalue weighted by Crippen LogP contribution is -2.42. The number of morpholine rings is 1. The summed E-state index contributed by atoms with van der Waals surface area (Å²) in [6.45, 7) is 4.34. The van der Waals surface area contributed by atoms with Crippen molar-refractivity contribution in [2.45, 2.75) is 45.2 Å². The molecule has 1 saturated carbocycles. The first-order valence-corrected chi connectivity index (χ1v) is 9.45. The number of amides is 2. The number of hydrogen-bond donors (Lipinski definition) is 0. The molecule has 0 spiro atoms. The van der Waals surface area contributed by atoms with Crippen LogP contribution in [0.3, 0.4) is 0 Å². The van der Waals surface area contributed by atoms with E-state index in [1.54, 1.807) is 4.90 Å². The van der Waals surface area contributed by atoms with Crippen molar-refractivity contribution in [2.75, 3.05) is 32.8 Å². The van der Waals surface area contributed by atoms with E-state index in [0.29, 0.717) is 51.6 Å². The Hall–Kier alpha value is -1.89. The van der Waals surface area contributed by atoms with Gasteiger partial charge in [0.25, 0.3) is 5.91 Å². The molecule has 0 aromatic carbocycles. The second kappa shape index (κ2) is 7.15. The van der Waals surface area contributed by atoms with Crippen LogP contribution in [0.25, 0.3) is 0 Å². The minimum absolute atomic E-state index is 0.0321. The quantitative estimate of drug-likeness (QED) is 0.809. The summed E-state index contributed by atoms with van der Waals surface area (Å²) in [5.41, 5.74) is 1.45. The highest BCUT2D eigenvalue weighted by atomic mass is 16.5. The highest BCUT2D eigenvalue weighted by Crippen LogP contribution is 2.27. The summed E-state index contributed by atoms with van der Waals surface area (Å²) >= 11 is 0. The summed E-state index contributed by atoms with van der Waals surface area (Å²) in [4.78, 5) is 29.1. The third-order valence-corrected chi connectivity index (χ3v) is 5.58. The van der Waals surface area contributed by atoms with Crippen LogP contribution in [0.1, 0.15) is 48.3 Å². The molecule has 2 amide bonds. The van der Waals surface area contributed by atoms with Gasteiger partial charge in [0.15, 0.2) is 5.69 Å². The maximum atomic E-state index is 12.8. The molecule has 1 saturated heterocycles. The van der Waals surface area contributed by atoms with Gasteiger partial charge in [-0.2, -0.15) is 5.10 Å². The Morgan fingerprint density at radius 3 is 2.52 bits per heavy atom. The first-order valence-electron chi connectivity index (χ1n) is 9.45. The molecule has 3 heterocycles. The van der Waals surface area contributed by atoms with E-state index in [1.807, 2.05) is 15.6 Å². The minimum atomic E-state index is -0.0321. The third-order valence-electron chi connectivity index (χ3n) is 5.58. The number of fused-ring (bicyclic) bond motifs is 1. The zero-order valence-corrected chi connectivity index (χ0v) is 14.7. The maximum absolute atomic E-state index is 12.8. The number of ether oxygens (including phenoxy) is 1. The highest BCUT2D eigenvalue weighted by Gasteiger charge is 2.30. The van der Waals surface area contributed by atoms with Gasteiger partial charge in [-0.3, -0.25) is 14.3 Å². The second-order valence-corrected chi connectivity index (χ2v) is 7.24. The van der Waals surface area contributed by atoms with Crippen molar-refractivity contribution in [3.05, 3.63) is 17.5 Å². The Morgan fingerprint density at radius 2 is 1.76 bits per heavy atom. The Labute approximate surface area is 147 Å².